The number of hydrogen-bond acceptors (Lipinski definition) is 5. The molecule has 0 unspecified atom stereocenters. The Hall–Kier alpha value is -1.76. The standard InChI is InChI=1S/C14H25N5O3/c1-3-7-10(15)12-13(11(20)4-2)22-14(21)19(12)9-6-5-8-17-18-16/h3,10-13,20H,1,4-9,15H2,2H3/t10-,11-,12-,13-/m1/s1. The van der Waals surface area contributed by atoms with E-state index >= 15 is 0 Å². The first-order valence-corrected chi connectivity index (χ1v) is 7.59. The van der Waals surface area contributed by atoms with Gasteiger partial charge in [-0.2, -0.15) is 0 Å². The Morgan fingerprint density at radius 1 is 1.64 bits per heavy atom. The van der Waals surface area contributed by atoms with Crippen LogP contribution in [0.15, 0.2) is 17.8 Å². The number of unbranched alkanes of at least 4 members (excludes halogenated alkanes) is 1. The summed E-state index contributed by atoms with van der Waals surface area (Å²) < 4.78 is 5.33. The maximum Gasteiger partial charge on any atom is 0.410 e. The van der Waals surface area contributed by atoms with E-state index in [2.05, 4.69) is 16.6 Å². The highest BCUT2D eigenvalue weighted by Gasteiger charge is 2.46. The quantitative estimate of drug-likeness (QED) is 0.210. The third-order valence-corrected chi connectivity index (χ3v) is 3.81. The van der Waals surface area contributed by atoms with Crippen LogP contribution >= 0.6 is 0 Å². The van der Waals surface area contributed by atoms with E-state index in [0.717, 1.165) is 0 Å². The van der Waals surface area contributed by atoms with Crippen LogP contribution < -0.4 is 5.73 Å². The smallest absolute Gasteiger partial charge is 0.410 e. The molecule has 0 aromatic rings. The van der Waals surface area contributed by atoms with Crippen molar-refractivity contribution >= 4 is 6.09 Å². The van der Waals surface area contributed by atoms with Crippen LogP contribution in [0, 0.1) is 0 Å². The van der Waals surface area contributed by atoms with Gasteiger partial charge < -0.3 is 15.6 Å². The van der Waals surface area contributed by atoms with Gasteiger partial charge in [0.2, 0.25) is 0 Å². The van der Waals surface area contributed by atoms with E-state index in [1.54, 1.807) is 11.0 Å². The van der Waals surface area contributed by atoms with Crippen LogP contribution in [0.4, 0.5) is 4.79 Å². The number of azide groups is 1. The number of hydrogen-bond donors (Lipinski definition) is 2. The lowest BCUT2D eigenvalue weighted by molar-refractivity contribution is 0.0113. The van der Waals surface area contributed by atoms with E-state index in [9.17, 15) is 9.90 Å². The predicted octanol–water partition coefficient (Wildman–Crippen LogP) is 1.94. The number of cyclic esters (lactones) is 1. The molecule has 1 rings (SSSR count). The van der Waals surface area contributed by atoms with Crippen molar-refractivity contribution in [3.63, 3.8) is 0 Å². The van der Waals surface area contributed by atoms with Gasteiger partial charge in [0.1, 0.15) is 0 Å². The predicted molar refractivity (Wildman–Crippen MR) is 83.1 cm³/mol. The van der Waals surface area contributed by atoms with Gasteiger partial charge in [-0.1, -0.05) is 18.1 Å². The van der Waals surface area contributed by atoms with Gasteiger partial charge in [0.15, 0.2) is 6.10 Å². The van der Waals surface area contributed by atoms with Crippen molar-refractivity contribution in [3.05, 3.63) is 23.1 Å². The zero-order valence-electron chi connectivity index (χ0n) is 13.0. The van der Waals surface area contributed by atoms with Crippen LogP contribution in [0.2, 0.25) is 0 Å². The van der Waals surface area contributed by atoms with Gasteiger partial charge >= 0.3 is 6.09 Å². The van der Waals surface area contributed by atoms with E-state index in [4.69, 9.17) is 16.0 Å². The maximum atomic E-state index is 12.1. The summed E-state index contributed by atoms with van der Waals surface area (Å²) in [5, 5.41) is 13.5. The first-order chi connectivity index (χ1) is 10.6. The normalized spacial score (nSPS) is 23.6. The summed E-state index contributed by atoms with van der Waals surface area (Å²) in [6.07, 6.45) is 2.26. The molecule has 0 spiro atoms. The molecular formula is C14H25N5O3. The molecule has 0 radical (unpaired) electrons. The lowest BCUT2D eigenvalue weighted by Gasteiger charge is -2.30. The zero-order valence-corrected chi connectivity index (χ0v) is 13.0. The van der Waals surface area contributed by atoms with Gasteiger partial charge in [-0.25, -0.2) is 4.79 Å². The van der Waals surface area contributed by atoms with Crippen molar-refractivity contribution in [2.45, 2.75) is 56.9 Å². The van der Waals surface area contributed by atoms with Crippen LogP contribution in [0.25, 0.3) is 10.4 Å². The summed E-state index contributed by atoms with van der Waals surface area (Å²) in [6, 6.07) is -0.716. The highest BCUT2D eigenvalue weighted by molar-refractivity contribution is 5.71. The number of rotatable bonds is 10. The summed E-state index contributed by atoms with van der Waals surface area (Å²) >= 11 is 0. The fourth-order valence-corrected chi connectivity index (χ4v) is 2.65. The zero-order chi connectivity index (χ0) is 16.5. The molecule has 1 heterocycles. The Labute approximate surface area is 130 Å². The summed E-state index contributed by atoms with van der Waals surface area (Å²) in [5.41, 5.74) is 14.4. The second-order valence-corrected chi connectivity index (χ2v) is 5.36. The topological polar surface area (TPSA) is 125 Å². The molecule has 124 valence electrons. The molecule has 1 fully saturated rings. The van der Waals surface area contributed by atoms with E-state index in [1.165, 1.54) is 0 Å². The summed E-state index contributed by atoms with van der Waals surface area (Å²) in [5.74, 6) is 0. The van der Waals surface area contributed by atoms with Crippen molar-refractivity contribution in [1.29, 1.82) is 0 Å². The molecule has 8 heteroatoms. The van der Waals surface area contributed by atoms with Crippen molar-refractivity contribution in [2.75, 3.05) is 13.1 Å². The number of nitrogens with zero attached hydrogens (tertiary/aromatic N) is 4. The van der Waals surface area contributed by atoms with Crippen molar-refractivity contribution in [2.24, 2.45) is 10.8 Å². The van der Waals surface area contributed by atoms with E-state index in [1.807, 2.05) is 6.92 Å². The van der Waals surface area contributed by atoms with Crippen LogP contribution in [0.3, 0.4) is 0 Å². The number of aliphatic hydroxyl groups is 1. The first kappa shape index (κ1) is 18.3. The van der Waals surface area contributed by atoms with Crippen molar-refractivity contribution in [1.82, 2.24) is 4.90 Å². The molecule has 3 N–H and O–H groups in total. The number of carbonyl (C=O) groups excluding carboxylic acids is 1. The van der Waals surface area contributed by atoms with E-state index in [0.29, 0.717) is 38.8 Å². The van der Waals surface area contributed by atoms with Gasteiger partial charge in [0.25, 0.3) is 0 Å². The van der Waals surface area contributed by atoms with Gasteiger partial charge in [-0.15, -0.1) is 6.58 Å². The van der Waals surface area contributed by atoms with E-state index in [-0.39, 0.29) is 12.1 Å². The van der Waals surface area contributed by atoms with E-state index < -0.39 is 18.3 Å². The molecule has 8 nitrogen and oxygen atoms in total. The number of carbonyl (C=O) groups is 1. The molecule has 1 amide bonds. The molecule has 1 aliphatic rings. The number of amides is 1. The minimum Gasteiger partial charge on any atom is -0.441 e. The first-order valence-electron chi connectivity index (χ1n) is 7.59. The molecule has 0 bridgehead atoms. The Kier molecular flexibility index (Phi) is 7.73. The van der Waals surface area contributed by atoms with Gasteiger partial charge in [-0.3, -0.25) is 4.90 Å². The molecule has 0 saturated carbocycles. The minimum absolute atomic E-state index is 0.340. The highest BCUT2D eigenvalue weighted by Crippen LogP contribution is 2.27. The number of nitrogens with two attached hydrogens (primary N) is 1. The summed E-state index contributed by atoms with van der Waals surface area (Å²) in [6.45, 7) is 6.35. The molecule has 4 atom stereocenters. The molecular weight excluding hydrogens is 286 g/mol. The molecule has 1 saturated heterocycles. The SMILES string of the molecule is C=CC[C@@H](N)[C@@H]1[C@@H]([C@H](O)CC)OC(=O)N1CCCCN=[N+]=[N-]. The Bertz CT molecular complexity index is 425. The maximum absolute atomic E-state index is 12.1. The Morgan fingerprint density at radius 3 is 2.95 bits per heavy atom. The average molecular weight is 311 g/mol. The lowest BCUT2D eigenvalue weighted by atomic mass is 9.94. The van der Waals surface area contributed by atoms with Gasteiger partial charge in [0.05, 0.1) is 12.1 Å². The molecule has 0 aromatic heterocycles. The monoisotopic (exact) mass is 311 g/mol. The van der Waals surface area contributed by atoms with Crippen molar-refractivity contribution in [3.8, 4) is 0 Å². The second-order valence-electron chi connectivity index (χ2n) is 5.36. The summed E-state index contributed by atoms with van der Waals surface area (Å²) in [4.78, 5) is 16.3. The molecule has 22 heavy (non-hydrogen) atoms. The molecule has 0 aliphatic carbocycles. The molecule has 0 aromatic carbocycles. The Balaban J connectivity index is 2.74. The highest BCUT2D eigenvalue weighted by atomic mass is 16.6. The van der Waals surface area contributed by atoms with Crippen LogP contribution in [0.5, 0.6) is 0 Å². The molecule has 1 aliphatic heterocycles. The van der Waals surface area contributed by atoms with Crippen LogP contribution in [0.1, 0.15) is 32.6 Å². The fourth-order valence-electron chi connectivity index (χ4n) is 2.65. The second kappa shape index (κ2) is 9.30. The summed E-state index contributed by atoms with van der Waals surface area (Å²) in [7, 11) is 0. The third-order valence-electron chi connectivity index (χ3n) is 3.81. The largest absolute Gasteiger partial charge is 0.441 e. The Morgan fingerprint density at radius 2 is 2.36 bits per heavy atom. The fraction of sp³-hybridized carbons (Fsp3) is 0.786. The van der Waals surface area contributed by atoms with Crippen LogP contribution in [-0.4, -0.2) is 53.5 Å². The third kappa shape index (κ3) is 4.62. The number of ether oxygens (including phenoxy) is 1. The average Bonchev–Trinajstić information content (AvgIpc) is 2.83. The number of aliphatic hydroxyl groups excluding tert-OH is 1. The minimum atomic E-state index is -0.738. The van der Waals surface area contributed by atoms with Gasteiger partial charge in [-0.05, 0) is 31.2 Å². The lowest BCUT2D eigenvalue weighted by Crippen LogP contribution is -2.52. The van der Waals surface area contributed by atoms with Crippen molar-refractivity contribution < 1.29 is 14.6 Å². The van der Waals surface area contributed by atoms with Crippen LogP contribution in [-0.2, 0) is 4.74 Å². The van der Waals surface area contributed by atoms with Gasteiger partial charge in [0, 0.05) is 24.0 Å².